The predicted octanol–water partition coefficient (Wildman–Crippen LogP) is -0.458. The second-order valence-electron chi connectivity index (χ2n) is 4.45. The van der Waals surface area contributed by atoms with Crippen molar-refractivity contribution in [2.24, 2.45) is 7.05 Å². The van der Waals surface area contributed by atoms with Gasteiger partial charge in [0.2, 0.25) is 10.0 Å². The molecule has 1 unspecified atom stereocenters. The highest BCUT2D eigenvalue weighted by Gasteiger charge is 2.21. The molecule has 1 atom stereocenters. The van der Waals surface area contributed by atoms with Crippen LogP contribution in [0.3, 0.4) is 0 Å². The minimum Gasteiger partial charge on any atom is -0.345 e. The van der Waals surface area contributed by atoms with Gasteiger partial charge in [0.15, 0.2) is 0 Å². The number of aromatic nitrogens is 4. The van der Waals surface area contributed by atoms with Gasteiger partial charge in [-0.2, -0.15) is 5.10 Å². The molecule has 2 aromatic rings. The normalized spacial score (nSPS) is 13.1. The molecule has 10 heteroatoms. The Morgan fingerprint density at radius 3 is 2.76 bits per heavy atom. The molecule has 3 N–H and O–H groups in total. The Kier molecular flexibility index (Phi) is 4.09. The van der Waals surface area contributed by atoms with Gasteiger partial charge < -0.3 is 9.88 Å². The average molecular weight is 312 g/mol. The molecular formula is C11H16N6O3S. The summed E-state index contributed by atoms with van der Waals surface area (Å²) in [6.07, 6.45) is 2.72. The predicted molar refractivity (Wildman–Crippen MR) is 73.9 cm³/mol. The van der Waals surface area contributed by atoms with Crippen molar-refractivity contribution < 1.29 is 13.2 Å². The summed E-state index contributed by atoms with van der Waals surface area (Å²) in [7, 11) is -0.671. The minimum absolute atomic E-state index is 0.0324. The Morgan fingerprint density at radius 1 is 1.48 bits per heavy atom. The molecule has 114 valence electrons. The highest BCUT2D eigenvalue weighted by Crippen LogP contribution is 2.14. The largest absolute Gasteiger partial charge is 0.345 e. The van der Waals surface area contributed by atoms with Crippen LogP contribution in [0.15, 0.2) is 23.5 Å². The van der Waals surface area contributed by atoms with Gasteiger partial charge in [-0.05, 0) is 20.0 Å². The van der Waals surface area contributed by atoms with E-state index in [1.165, 1.54) is 30.2 Å². The Balaban J connectivity index is 2.20. The molecule has 21 heavy (non-hydrogen) atoms. The number of sulfonamides is 1. The van der Waals surface area contributed by atoms with Crippen LogP contribution < -0.4 is 10.0 Å². The van der Waals surface area contributed by atoms with E-state index in [9.17, 15) is 13.2 Å². The topological polar surface area (TPSA) is 122 Å². The van der Waals surface area contributed by atoms with E-state index in [2.05, 4.69) is 25.2 Å². The van der Waals surface area contributed by atoms with E-state index in [4.69, 9.17) is 0 Å². The van der Waals surface area contributed by atoms with Gasteiger partial charge in [0, 0.05) is 13.2 Å². The number of hydrogen-bond donors (Lipinski definition) is 3. The molecule has 0 aromatic carbocycles. The zero-order valence-corrected chi connectivity index (χ0v) is 12.6. The first-order valence-corrected chi connectivity index (χ1v) is 7.59. The van der Waals surface area contributed by atoms with Gasteiger partial charge in [0.05, 0.1) is 6.04 Å². The third-order valence-corrected chi connectivity index (χ3v) is 4.36. The van der Waals surface area contributed by atoms with Crippen LogP contribution in [0.2, 0.25) is 0 Å². The summed E-state index contributed by atoms with van der Waals surface area (Å²) in [6, 6.07) is 0.938. The molecule has 2 heterocycles. The van der Waals surface area contributed by atoms with Crippen LogP contribution in [0.4, 0.5) is 0 Å². The van der Waals surface area contributed by atoms with Gasteiger partial charge in [-0.25, -0.2) is 18.1 Å². The summed E-state index contributed by atoms with van der Waals surface area (Å²) >= 11 is 0. The number of aryl methyl sites for hydroxylation is 1. The van der Waals surface area contributed by atoms with Crippen LogP contribution >= 0.6 is 0 Å². The van der Waals surface area contributed by atoms with Crippen molar-refractivity contribution in [3.05, 3.63) is 30.1 Å². The van der Waals surface area contributed by atoms with Crippen molar-refractivity contribution in [2.45, 2.75) is 17.9 Å². The summed E-state index contributed by atoms with van der Waals surface area (Å²) in [4.78, 5) is 16.2. The van der Waals surface area contributed by atoms with Gasteiger partial charge in [-0.3, -0.25) is 9.89 Å². The molecule has 2 rings (SSSR count). The maximum atomic E-state index is 12.2. The van der Waals surface area contributed by atoms with E-state index in [1.807, 2.05) is 0 Å². The smallest absolute Gasteiger partial charge is 0.268 e. The van der Waals surface area contributed by atoms with Crippen molar-refractivity contribution in [1.82, 2.24) is 29.8 Å². The zero-order valence-electron chi connectivity index (χ0n) is 11.8. The Hall–Kier alpha value is -2.20. The quantitative estimate of drug-likeness (QED) is 0.690. The second-order valence-corrected chi connectivity index (χ2v) is 6.33. The summed E-state index contributed by atoms with van der Waals surface area (Å²) in [5.74, 6) is 0.111. The monoisotopic (exact) mass is 312 g/mol. The van der Waals surface area contributed by atoms with E-state index in [0.717, 1.165) is 0 Å². The first kappa shape index (κ1) is 15.2. The maximum Gasteiger partial charge on any atom is 0.268 e. The Labute approximate surface area is 121 Å². The van der Waals surface area contributed by atoms with Gasteiger partial charge >= 0.3 is 0 Å². The Morgan fingerprint density at radius 2 is 2.19 bits per heavy atom. The molecule has 0 aliphatic rings. The number of rotatable bonds is 5. The molecule has 2 aromatic heterocycles. The molecule has 9 nitrogen and oxygen atoms in total. The SMILES string of the molecule is CNS(=O)(=O)c1cc(C(=O)NC(C)c2ncn[nH]2)n(C)c1. The van der Waals surface area contributed by atoms with Crippen molar-refractivity contribution in [1.29, 1.82) is 0 Å². The van der Waals surface area contributed by atoms with Gasteiger partial charge in [-0.15, -0.1) is 0 Å². The standard InChI is InChI=1S/C11H16N6O3S/c1-7(10-13-6-14-16-10)15-11(18)9-4-8(5-17(9)3)21(19,20)12-2/h4-7,12H,1-3H3,(H,15,18)(H,13,14,16). The number of aromatic amines is 1. The molecule has 0 saturated heterocycles. The lowest BCUT2D eigenvalue weighted by atomic mass is 10.3. The molecule has 0 fully saturated rings. The minimum atomic E-state index is -3.58. The summed E-state index contributed by atoms with van der Waals surface area (Å²) in [6.45, 7) is 1.74. The van der Waals surface area contributed by atoms with E-state index in [0.29, 0.717) is 5.82 Å². The molecule has 0 saturated carbocycles. The molecule has 0 spiro atoms. The number of nitrogens with zero attached hydrogens (tertiary/aromatic N) is 3. The fraction of sp³-hybridized carbons (Fsp3) is 0.364. The van der Waals surface area contributed by atoms with Crippen LogP contribution in [0, 0.1) is 0 Å². The van der Waals surface area contributed by atoms with Crippen molar-refractivity contribution in [2.75, 3.05) is 7.05 Å². The van der Waals surface area contributed by atoms with E-state index in [-0.39, 0.29) is 16.6 Å². The van der Waals surface area contributed by atoms with Crippen LogP contribution in [0.1, 0.15) is 29.3 Å². The number of hydrogen-bond acceptors (Lipinski definition) is 5. The fourth-order valence-corrected chi connectivity index (χ4v) is 2.59. The van der Waals surface area contributed by atoms with Crippen molar-refractivity contribution in [3.8, 4) is 0 Å². The number of H-pyrrole nitrogens is 1. The molecule has 0 radical (unpaired) electrons. The van der Waals surface area contributed by atoms with E-state index < -0.39 is 15.9 Å². The Bertz CT molecular complexity index is 734. The van der Waals surface area contributed by atoms with Crippen LogP contribution in [0.25, 0.3) is 0 Å². The lowest BCUT2D eigenvalue weighted by Crippen LogP contribution is -2.28. The third-order valence-electron chi connectivity index (χ3n) is 2.98. The molecular weight excluding hydrogens is 296 g/mol. The van der Waals surface area contributed by atoms with Crippen molar-refractivity contribution >= 4 is 15.9 Å². The molecule has 0 bridgehead atoms. The summed E-state index contributed by atoms with van der Waals surface area (Å²) < 4.78 is 27.1. The lowest BCUT2D eigenvalue weighted by molar-refractivity contribution is 0.0930. The maximum absolute atomic E-state index is 12.2. The highest BCUT2D eigenvalue weighted by atomic mass is 32.2. The van der Waals surface area contributed by atoms with E-state index >= 15 is 0 Å². The third kappa shape index (κ3) is 3.11. The van der Waals surface area contributed by atoms with Crippen LogP contribution in [-0.4, -0.2) is 41.1 Å². The highest BCUT2D eigenvalue weighted by molar-refractivity contribution is 7.89. The molecule has 1 amide bonds. The number of carbonyl (C=O) groups is 1. The summed E-state index contributed by atoms with van der Waals surface area (Å²) in [5, 5.41) is 9.08. The first-order valence-electron chi connectivity index (χ1n) is 6.11. The first-order chi connectivity index (χ1) is 9.85. The average Bonchev–Trinajstić information content (AvgIpc) is 3.07. The number of nitrogens with one attached hydrogen (secondary N) is 3. The second kappa shape index (κ2) is 5.66. The number of carbonyl (C=O) groups excluding carboxylic acids is 1. The zero-order chi connectivity index (χ0) is 15.6. The van der Waals surface area contributed by atoms with E-state index in [1.54, 1.807) is 14.0 Å². The van der Waals surface area contributed by atoms with Crippen LogP contribution in [0.5, 0.6) is 0 Å². The van der Waals surface area contributed by atoms with Gasteiger partial charge in [0.25, 0.3) is 5.91 Å². The van der Waals surface area contributed by atoms with Crippen molar-refractivity contribution in [3.63, 3.8) is 0 Å². The van der Waals surface area contributed by atoms with Crippen LogP contribution in [-0.2, 0) is 17.1 Å². The van der Waals surface area contributed by atoms with Gasteiger partial charge in [0.1, 0.15) is 22.7 Å². The molecule has 0 aliphatic carbocycles. The molecule has 0 aliphatic heterocycles. The van der Waals surface area contributed by atoms with Gasteiger partial charge in [-0.1, -0.05) is 0 Å². The fourth-order valence-electron chi connectivity index (χ4n) is 1.79. The number of amides is 1. The summed E-state index contributed by atoms with van der Waals surface area (Å²) in [5.41, 5.74) is 0.232. The lowest BCUT2D eigenvalue weighted by Gasteiger charge is -2.11.